The number of unbranched alkanes of at least 4 members (excludes halogenated alkanes) is 1. The lowest BCUT2D eigenvalue weighted by atomic mass is 10.1. The molecule has 7 nitrogen and oxygen atoms in total. The van der Waals surface area contributed by atoms with Crippen LogP contribution >= 0.6 is 11.6 Å². The van der Waals surface area contributed by atoms with Gasteiger partial charge in [-0.25, -0.2) is 8.42 Å². The lowest BCUT2D eigenvalue weighted by Crippen LogP contribution is -2.51. The molecule has 0 aromatic heterocycles. The van der Waals surface area contributed by atoms with E-state index in [2.05, 4.69) is 5.32 Å². The Labute approximate surface area is 201 Å². The number of benzene rings is 2. The van der Waals surface area contributed by atoms with E-state index in [-0.39, 0.29) is 12.5 Å². The predicted octanol–water partition coefficient (Wildman–Crippen LogP) is 3.75. The second kappa shape index (κ2) is 12.0. The van der Waals surface area contributed by atoms with E-state index in [4.69, 9.17) is 11.6 Å². The van der Waals surface area contributed by atoms with Crippen LogP contribution in [0, 0.1) is 6.92 Å². The normalized spacial score (nSPS) is 12.2. The van der Waals surface area contributed by atoms with Crippen molar-refractivity contribution in [3.63, 3.8) is 0 Å². The monoisotopic (exact) mass is 493 g/mol. The van der Waals surface area contributed by atoms with Gasteiger partial charge in [-0.1, -0.05) is 55.3 Å². The molecule has 2 aromatic rings. The highest BCUT2D eigenvalue weighted by Crippen LogP contribution is 2.26. The maximum atomic E-state index is 13.4. The Morgan fingerprint density at radius 2 is 1.79 bits per heavy atom. The zero-order valence-electron chi connectivity index (χ0n) is 19.5. The standard InChI is InChI=1S/C24H32ClN3O4S/c1-5-6-14-26-24(30)19(3)27(16-20-10-8-7-9-11-20)23(29)17-28(33(4,31)32)22-13-12-21(25)15-18(22)2/h7-13,15,19H,5-6,14,16-17H2,1-4H3,(H,26,30). The van der Waals surface area contributed by atoms with Crippen molar-refractivity contribution in [1.29, 1.82) is 0 Å². The summed E-state index contributed by atoms with van der Waals surface area (Å²) in [5.74, 6) is -0.752. The van der Waals surface area contributed by atoms with Gasteiger partial charge in [-0.05, 0) is 49.6 Å². The van der Waals surface area contributed by atoms with E-state index in [1.807, 2.05) is 37.3 Å². The second-order valence-corrected chi connectivity index (χ2v) is 10.4. The van der Waals surface area contributed by atoms with Crippen LogP contribution in [0.5, 0.6) is 0 Å². The summed E-state index contributed by atoms with van der Waals surface area (Å²) in [5, 5.41) is 3.33. The summed E-state index contributed by atoms with van der Waals surface area (Å²) in [7, 11) is -3.78. The molecule has 9 heteroatoms. The van der Waals surface area contributed by atoms with E-state index < -0.39 is 28.5 Å². The number of carbonyl (C=O) groups excluding carboxylic acids is 2. The Kier molecular flexibility index (Phi) is 9.73. The Morgan fingerprint density at radius 1 is 1.12 bits per heavy atom. The molecule has 0 bridgehead atoms. The lowest BCUT2D eigenvalue weighted by molar-refractivity contribution is -0.139. The molecule has 0 saturated heterocycles. The first-order valence-electron chi connectivity index (χ1n) is 10.9. The van der Waals surface area contributed by atoms with E-state index in [9.17, 15) is 18.0 Å². The zero-order valence-corrected chi connectivity index (χ0v) is 21.1. The number of carbonyl (C=O) groups is 2. The van der Waals surface area contributed by atoms with Crippen LogP contribution in [0.4, 0.5) is 5.69 Å². The summed E-state index contributed by atoms with van der Waals surface area (Å²) in [6.07, 6.45) is 2.82. The van der Waals surface area contributed by atoms with Gasteiger partial charge in [0.1, 0.15) is 12.6 Å². The molecule has 0 spiro atoms. The smallest absolute Gasteiger partial charge is 0.244 e. The molecule has 0 heterocycles. The fraction of sp³-hybridized carbons (Fsp3) is 0.417. The van der Waals surface area contributed by atoms with Gasteiger partial charge in [0, 0.05) is 18.1 Å². The number of halogens is 1. The summed E-state index contributed by atoms with van der Waals surface area (Å²) in [4.78, 5) is 27.6. The van der Waals surface area contributed by atoms with Crippen molar-refractivity contribution < 1.29 is 18.0 Å². The third kappa shape index (κ3) is 7.75. The topological polar surface area (TPSA) is 86.8 Å². The van der Waals surface area contributed by atoms with Gasteiger partial charge in [0.05, 0.1) is 11.9 Å². The van der Waals surface area contributed by atoms with Gasteiger partial charge in [0.25, 0.3) is 0 Å². The van der Waals surface area contributed by atoms with Crippen LogP contribution in [0.15, 0.2) is 48.5 Å². The van der Waals surface area contributed by atoms with Gasteiger partial charge in [-0.2, -0.15) is 0 Å². The summed E-state index contributed by atoms with van der Waals surface area (Å²) < 4.78 is 26.3. The van der Waals surface area contributed by atoms with Crippen LogP contribution < -0.4 is 9.62 Å². The van der Waals surface area contributed by atoms with Crippen LogP contribution in [-0.4, -0.2) is 50.5 Å². The largest absolute Gasteiger partial charge is 0.354 e. The first kappa shape index (κ1) is 26.7. The van der Waals surface area contributed by atoms with Crippen LogP contribution in [0.1, 0.15) is 37.8 Å². The Balaban J connectivity index is 2.35. The van der Waals surface area contributed by atoms with E-state index in [0.29, 0.717) is 22.8 Å². The van der Waals surface area contributed by atoms with E-state index in [0.717, 1.165) is 29.0 Å². The van der Waals surface area contributed by atoms with Gasteiger partial charge in [-0.15, -0.1) is 0 Å². The van der Waals surface area contributed by atoms with Crippen molar-refractivity contribution in [2.45, 2.75) is 46.2 Å². The molecule has 0 aliphatic rings. The quantitative estimate of drug-likeness (QED) is 0.483. The number of hydrogen-bond donors (Lipinski definition) is 1. The molecule has 0 radical (unpaired) electrons. The minimum Gasteiger partial charge on any atom is -0.354 e. The zero-order chi connectivity index (χ0) is 24.6. The molecule has 2 aromatic carbocycles. The molecule has 0 aliphatic heterocycles. The number of nitrogens with one attached hydrogen (secondary N) is 1. The highest BCUT2D eigenvalue weighted by atomic mass is 35.5. The summed E-state index contributed by atoms with van der Waals surface area (Å²) in [5.41, 5.74) is 1.84. The Hall–Kier alpha value is -2.58. The second-order valence-electron chi connectivity index (χ2n) is 8.03. The number of hydrogen-bond acceptors (Lipinski definition) is 4. The minimum atomic E-state index is -3.78. The van der Waals surface area contributed by atoms with Crippen LogP contribution in [0.3, 0.4) is 0 Å². The maximum Gasteiger partial charge on any atom is 0.244 e. The van der Waals surface area contributed by atoms with E-state index in [1.54, 1.807) is 32.0 Å². The third-order valence-electron chi connectivity index (χ3n) is 5.30. The molecular weight excluding hydrogens is 462 g/mol. The minimum absolute atomic E-state index is 0.180. The van der Waals surface area contributed by atoms with Crippen molar-refractivity contribution in [1.82, 2.24) is 10.2 Å². The molecule has 0 fully saturated rings. The van der Waals surface area contributed by atoms with Gasteiger partial charge in [-0.3, -0.25) is 13.9 Å². The van der Waals surface area contributed by atoms with Crippen LogP contribution in [0.2, 0.25) is 5.02 Å². The molecular formula is C24H32ClN3O4S. The molecule has 0 saturated carbocycles. The highest BCUT2D eigenvalue weighted by molar-refractivity contribution is 7.92. The van der Waals surface area contributed by atoms with E-state index >= 15 is 0 Å². The van der Waals surface area contributed by atoms with Crippen LogP contribution in [-0.2, 0) is 26.2 Å². The number of aryl methyl sites for hydroxylation is 1. The highest BCUT2D eigenvalue weighted by Gasteiger charge is 2.30. The molecule has 1 N–H and O–H groups in total. The van der Waals surface area contributed by atoms with Gasteiger partial charge in [0.15, 0.2) is 0 Å². The van der Waals surface area contributed by atoms with Crippen molar-refractivity contribution in [3.05, 3.63) is 64.7 Å². The molecule has 2 amide bonds. The SMILES string of the molecule is CCCCNC(=O)C(C)N(Cc1ccccc1)C(=O)CN(c1ccc(Cl)cc1C)S(C)(=O)=O. The molecule has 1 atom stereocenters. The van der Waals surface area contributed by atoms with Crippen molar-refractivity contribution >= 4 is 39.1 Å². The average molecular weight is 494 g/mol. The lowest BCUT2D eigenvalue weighted by Gasteiger charge is -2.32. The van der Waals surface area contributed by atoms with Gasteiger partial charge >= 0.3 is 0 Å². The predicted molar refractivity (Wildman–Crippen MR) is 133 cm³/mol. The summed E-state index contributed by atoms with van der Waals surface area (Å²) in [6, 6.07) is 13.3. The first-order valence-corrected chi connectivity index (χ1v) is 13.1. The molecule has 1 unspecified atom stereocenters. The molecule has 2 rings (SSSR count). The number of anilines is 1. The van der Waals surface area contributed by atoms with E-state index in [1.165, 1.54) is 4.90 Å². The summed E-state index contributed by atoms with van der Waals surface area (Å²) in [6.45, 7) is 5.68. The van der Waals surface area contributed by atoms with Gasteiger partial charge in [0.2, 0.25) is 21.8 Å². The fourth-order valence-electron chi connectivity index (χ4n) is 3.39. The number of amides is 2. The Bertz CT molecular complexity index is 1060. The average Bonchev–Trinajstić information content (AvgIpc) is 2.75. The molecule has 0 aliphatic carbocycles. The molecule has 33 heavy (non-hydrogen) atoms. The molecule has 180 valence electrons. The number of nitrogens with zero attached hydrogens (tertiary/aromatic N) is 2. The fourth-order valence-corrected chi connectivity index (χ4v) is 4.53. The van der Waals surface area contributed by atoms with Crippen molar-refractivity contribution in [2.24, 2.45) is 0 Å². The first-order chi connectivity index (χ1) is 15.5. The van der Waals surface area contributed by atoms with Crippen LogP contribution in [0.25, 0.3) is 0 Å². The van der Waals surface area contributed by atoms with Gasteiger partial charge < -0.3 is 10.2 Å². The third-order valence-corrected chi connectivity index (χ3v) is 6.66. The maximum absolute atomic E-state index is 13.4. The van der Waals surface area contributed by atoms with Crippen molar-refractivity contribution in [3.8, 4) is 0 Å². The summed E-state index contributed by atoms with van der Waals surface area (Å²) >= 11 is 6.02. The van der Waals surface area contributed by atoms with Crippen molar-refractivity contribution in [2.75, 3.05) is 23.7 Å². The number of rotatable bonds is 11. The Morgan fingerprint density at radius 3 is 2.36 bits per heavy atom. The number of sulfonamides is 1.